The maximum Gasteiger partial charge on any atom is 0.243 e. The molecule has 4 rings (SSSR count). The molecule has 4 nitrogen and oxygen atoms in total. The zero-order valence-electron chi connectivity index (χ0n) is 19.6. The Hall–Kier alpha value is -3.18. The van der Waals surface area contributed by atoms with Gasteiger partial charge in [0, 0.05) is 24.0 Å². The Morgan fingerprint density at radius 3 is 2.26 bits per heavy atom. The standard InChI is InChI=1S/C29H30ClFN2O2/c30-24-16-14-22(15-17-24)20-33(28(34)19-23-10-4-7-13-26(23)31)27(18-21-8-2-1-3-9-21)29(35)32-25-11-5-6-12-25/h1-4,7-10,13-17,25,27H,5-6,11-12,18-20H2,(H,32,35). The van der Waals surface area contributed by atoms with Crippen LogP contribution in [0.2, 0.25) is 5.02 Å². The van der Waals surface area contributed by atoms with Crippen molar-refractivity contribution in [2.24, 2.45) is 0 Å². The Bertz CT molecular complexity index is 1130. The van der Waals surface area contributed by atoms with E-state index < -0.39 is 11.9 Å². The van der Waals surface area contributed by atoms with Gasteiger partial charge in [0.1, 0.15) is 11.9 Å². The van der Waals surface area contributed by atoms with Gasteiger partial charge in [0.15, 0.2) is 0 Å². The molecule has 1 N–H and O–H groups in total. The number of halogens is 2. The number of benzene rings is 3. The molecule has 1 aliphatic rings. The van der Waals surface area contributed by atoms with E-state index in [1.807, 2.05) is 42.5 Å². The van der Waals surface area contributed by atoms with Crippen LogP contribution in [-0.4, -0.2) is 28.8 Å². The van der Waals surface area contributed by atoms with Gasteiger partial charge in [0.25, 0.3) is 0 Å². The molecule has 1 saturated carbocycles. The lowest BCUT2D eigenvalue weighted by molar-refractivity contribution is -0.141. The zero-order valence-corrected chi connectivity index (χ0v) is 20.4. The van der Waals surface area contributed by atoms with Crippen LogP contribution in [0.5, 0.6) is 0 Å². The minimum Gasteiger partial charge on any atom is -0.352 e. The van der Waals surface area contributed by atoms with E-state index in [0.717, 1.165) is 36.8 Å². The summed E-state index contributed by atoms with van der Waals surface area (Å²) < 4.78 is 14.4. The minimum atomic E-state index is -0.729. The fourth-order valence-corrected chi connectivity index (χ4v) is 4.74. The second-order valence-corrected chi connectivity index (χ2v) is 9.55. The molecule has 1 atom stereocenters. The van der Waals surface area contributed by atoms with Crippen molar-refractivity contribution in [2.45, 2.75) is 57.2 Å². The van der Waals surface area contributed by atoms with Gasteiger partial charge < -0.3 is 10.2 Å². The molecule has 0 spiro atoms. The lowest BCUT2D eigenvalue weighted by Gasteiger charge is -2.32. The van der Waals surface area contributed by atoms with Crippen LogP contribution in [-0.2, 0) is 29.0 Å². The Morgan fingerprint density at radius 1 is 0.914 bits per heavy atom. The van der Waals surface area contributed by atoms with Crippen LogP contribution in [0.15, 0.2) is 78.9 Å². The first-order valence-electron chi connectivity index (χ1n) is 12.1. The Balaban J connectivity index is 1.66. The summed E-state index contributed by atoms with van der Waals surface area (Å²) in [6, 6.07) is 22.6. The van der Waals surface area contributed by atoms with Gasteiger partial charge in [-0.3, -0.25) is 9.59 Å². The first-order valence-corrected chi connectivity index (χ1v) is 12.5. The Kier molecular flexibility index (Phi) is 8.54. The molecule has 182 valence electrons. The molecule has 0 heterocycles. The van der Waals surface area contributed by atoms with Crippen LogP contribution < -0.4 is 5.32 Å². The maximum absolute atomic E-state index is 14.4. The van der Waals surface area contributed by atoms with E-state index in [2.05, 4.69) is 5.32 Å². The van der Waals surface area contributed by atoms with E-state index in [-0.39, 0.29) is 30.8 Å². The summed E-state index contributed by atoms with van der Waals surface area (Å²) >= 11 is 6.06. The highest BCUT2D eigenvalue weighted by Gasteiger charge is 2.32. The average molecular weight is 493 g/mol. The molecule has 1 fully saturated rings. The number of hydrogen-bond acceptors (Lipinski definition) is 2. The third kappa shape index (κ3) is 6.92. The van der Waals surface area contributed by atoms with Crippen LogP contribution >= 0.6 is 11.6 Å². The summed E-state index contributed by atoms with van der Waals surface area (Å²) in [7, 11) is 0. The lowest BCUT2D eigenvalue weighted by atomic mass is 10.0. The Morgan fingerprint density at radius 2 is 1.57 bits per heavy atom. The van der Waals surface area contributed by atoms with E-state index in [9.17, 15) is 14.0 Å². The van der Waals surface area contributed by atoms with Gasteiger partial charge in [-0.15, -0.1) is 0 Å². The second kappa shape index (κ2) is 12.0. The molecule has 6 heteroatoms. The molecular formula is C29H30ClFN2O2. The number of amides is 2. The highest BCUT2D eigenvalue weighted by atomic mass is 35.5. The van der Waals surface area contributed by atoms with Crippen LogP contribution in [0.4, 0.5) is 4.39 Å². The van der Waals surface area contributed by atoms with Crippen LogP contribution in [0.25, 0.3) is 0 Å². The summed E-state index contributed by atoms with van der Waals surface area (Å²) in [6.07, 6.45) is 4.33. The predicted molar refractivity (Wildman–Crippen MR) is 136 cm³/mol. The quantitative estimate of drug-likeness (QED) is 0.415. The molecule has 1 unspecified atom stereocenters. The first-order chi connectivity index (χ1) is 17.0. The van der Waals surface area contributed by atoms with E-state index in [4.69, 9.17) is 11.6 Å². The van der Waals surface area contributed by atoms with Gasteiger partial charge in [0.2, 0.25) is 11.8 Å². The van der Waals surface area contributed by atoms with Gasteiger partial charge in [-0.1, -0.05) is 85.1 Å². The molecule has 0 radical (unpaired) electrons. The highest BCUT2D eigenvalue weighted by molar-refractivity contribution is 6.30. The Labute approximate surface area is 211 Å². The summed E-state index contributed by atoms with van der Waals surface area (Å²) in [6.45, 7) is 0.222. The van der Waals surface area contributed by atoms with E-state index in [1.54, 1.807) is 35.2 Å². The number of rotatable bonds is 9. The van der Waals surface area contributed by atoms with Crippen molar-refractivity contribution < 1.29 is 14.0 Å². The summed E-state index contributed by atoms with van der Waals surface area (Å²) in [4.78, 5) is 28.9. The summed E-state index contributed by atoms with van der Waals surface area (Å²) in [5.74, 6) is -0.897. The van der Waals surface area contributed by atoms with Crippen molar-refractivity contribution in [3.63, 3.8) is 0 Å². The van der Waals surface area contributed by atoms with Gasteiger partial charge in [0.05, 0.1) is 6.42 Å². The smallest absolute Gasteiger partial charge is 0.243 e. The summed E-state index contributed by atoms with van der Waals surface area (Å²) in [5, 5.41) is 3.77. The van der Waals surface area contributed by atoms with Gasteiger partial charge in [-0.25, -0.2) is 4.39 Å². The largest absolute Gasteiger partial charge is 0.352 e. The minimum absolute atomic E-state index is 0.123. The number of carbonyl (C=O) groups excluding carboxylic acids is 2. The van der Waals surface area contributed by atoms with Gasteiger partial charge >= 0.3 is 0 Å². The molecule has 0 aliphatic heterocycles. The number of nitrogens with zero attached hydrogens (tertiary/aromatic N) is 1. The van der Waals surface area contributed by atoms with Crippen molar-refractivity contribution in [3.8, 4) is 0 Å². The van der Waals surface area contributed by atoms with Crippen LogP contribution in [0.1, 0.15) is 42.4 Å². The highest BCUT2D eigenvalue weighted by Crippen LogP contribution is 2.21. The van der Waals surface area contributed by atoms with Crippen LogP contribution in [0, 0.1) is 5.82 Å². The zero-order chi connectivity index (χ0) is 24.6. The van der Waals surface area contributed by atoms with Crippen LogP contribution in [0.3, 0.4) is 0 Å². The van der Waals surface area contributed by atoms with Crippen molar-refractivity contribution in [1.82, 2.24) is 10.2 Å². The van der Waals surface area contributed by atoms with E-state index in [1.165, 1.54) is 6.07 Å². The topological polar surface area (TPSA) is 49.4 Å². The normalized spacial score (nSPS) is 14.5. The molecule has 0 bridgehead atoms. The number of hydrogen-bond donors (Lipinski definition) is 1. The molecule has 3 aromatic carbocycles. The molecule has 35 heavy (non-hydrogen) atoms. The number of nitrogens with one attached hydrogen (secondary N) is 1. The molecule has 3 aromatic rings. The molecule has 1 aliphatic carbocycles. The fourth-order valence-electron chi connectivity index (χ4n) is 4.61. The predicted octanol–water partition coefficient (Wildman–Crippen LogP) is 5.72. The first kappa shape index (κ1) is 24.9. The van der Waals surface area contributed by atoms with E-state index >= 15 is 0 Å². The number of carbonyl (C=O) groups is 2. The molecule has 0 aromatic heterocycles. The lowest BCUT2D eigenvalue weighted by Crippen LogP contribution is -2.52. The third-order valence-electron chi connectivity index (χ3n) is 6.54. The molecule has 0 saturated heterocycles. The summed E-state index contributed by atoms with van der Waals surface area (Å²) in [5.41, 5.74) is 2.12. The van der Waals surface area contributed by atoms with Crippen molar-refractivity contribution in [3.05, 3.63) is 106 Å². The SMILES string of the molecule is O=C(NC1CCCC1)C(Cc1ccccc1)N(Cc1ccc(Cl)cc1)C(=O)Cc1ccccc1F. The third-order valence-corrected chi connectivity index (χ3v) is 6.79. The molecule has 2 amide bonds. The van der Waals surface area contributed by atoms with Gasteiger partial charge in [-0.05, 0) is 47.7 Å². The van der Waals surface area contributed by atoms with Gasteiger partial charge in [-0.2, -0.15) is 0 Å². The van der Waals surface area contributed by atoms with Crippen molar-refractivity contribution in [2.75, 3.05) is 0 Å². The average Bonchev–Trinajstić information content (AvgIpc) is 3.37. The van der Waals surface area contributed by atoms with E-state index in [0.29, 0.717) is 17.0 Å². The monoisotopic (exact) mass is 492 g/mol. The second-order valence-electron chi connectivity index (χ2n) is 9.11. The molecular weight excluding hydrogens is 463 g/mol. The van der Waals surface area contributed by atoms with Crippen molar-refractivity contribution >= 4 is 23.4 Å². The maximum atomic E-state index is 14.4. The fraction of sp³-hybridized carbons (Fsp3) is 0.310. The van der Waals surface area contributed by atoms with Crippen molar-refractivity contribution in [1.29, 1.82) is 0 Å².